The number of nitrogens with zero attached hydrogens (tertiary/aromatic N) is 3. The van der Waals surface area contributed by atoms with Crippen molar-refractivity contribution in [2.45, 2.75) is 11.8 Å². The maximum atomic E-state index is 12.3. The Morgan fingerprint density at radius 1 is 0.889 bits per heavy atom. The van der Waals surface area contributed by atoms with Crippen LogP contribution in [-0.2, 0) is 10.0 Å². The molecule has 0 aliphatic carbocycles. The molecule has 0 aliphatic rings. The van der Waals surface area contributed by atoms with Gasteiger partial charge in [-0.15, -0.1) is 0 Å². The van der Waals surface area contributed by atoms with Gasteiger partial charge in [-0.1, -0.05) is 23.8 Å². The van der Waals surface area contributed by atoms with Crippen molar-refractivity contribution in [1.82, 2.24) is 9.97 Å². The number of anilines is 6. The van der Waals surface area contributed by atoms with E-state index in [0.717, 1.165) is 11.3 Å². The number of aromatic nitrogens is 2. The van der Waals surface area contributed by atoms with Gasteiger partial charge in [0.15, 0.2) is 0 Å². The second-order valence-electron chi connectivity index (χ2n) is 7.99. The number of rotatable bonds is 7. The molecule has 4 aromatic rings. The van der Waals surface area contributed by atoms with Crippen molar-refractivity contribution < 1.29 is 13.2 Å². The third-order valence-electron chi connectivity index (χ3n) is 5.23. The first-order chi connectivity index (χ1) is 17.2. The minimum Gasteiger partial charge on any atom is -0.329 e. The van der Waals surface area contributed by atoms with Crippen molar-refractivity contribution in [2.75, 3.05) is 27.9 Å². The highest BCUT2D eigenvalue weighted by Gasteiger charge is 2.11. The summed E-state index contributed by atoms with van der Waals surface area (Å²) in [6, 6.07) is 22.3. The van der Waals surface area contributed by atoms with Gasteiger partial charge in [0.25, 0.3) is 0 Å². The first-order valence-electron chi connectivity index (χ1n) is 10.9. The largest absolute Gasteiger partial charge is 0.329 e. The molecule has 0 spiro atoms. The Bertz CT molecular complexity index is 1470. The number of hydrogen-bond donors (Lipinski definition) is 4. The lowest BCUT2D eigenvalue weighted by Crippen LogP contribution is -2.19. The first kappa shape index (κ1) is 24.6. The van der Waals surface area contributed by atoms with Crippen LogP contribution in [0.2, 0.25) is 0 Å². The molecule has 4 rings (SSSR count). The van der Waals surface area contributed by atoms with Gasteiger partial charge in [-0.05, 0) is 67.6 Å². The molecule has 1 aromatic heterocycles. The van der Waals surface area contributed by atoms with Crippen LogP contribution in [0.25, 0.3) is 0 Å². The van der Waals surface area contributed by atoms with Gasteiger partial charge in [0, 0.05) is 36.0 Å². The number of amides is 2. The van der Waals surface area contributed by atoms with Crippen LogP contribution in [0.1, 0.15) is 5.56 Å². The number of sulfonamides is 1. The Hall–Kier alpha value is -4.48. The van der Waals surface area contributed by atoms with Crippen molar-refractivity contribution >= 4 is 50.6 Å². The highest BCUT2D eigenvalue weighted by Crippen LogP contribution is 2.25. The van der Waals surface area contributed by atoms with Crippen molar-refractivity contribution in [2.24, 2.45) is 5.14 Å². The molecule has 36 heavy (non-hydrogen) atoms. The summed E-state index contributed by atoms with van der Waals surface area (Å²) in [6.07, 6.45) is 1.59. The van der Waals surface area contributed by atoms with Gasteiger partial charge in [-0.25, -0.2) is 23.3 Å². The topological polar surface area (TPSA) is 142 Å². The highest BCUT2D eigenvalue weighted by atomic mass is 32.2. The summed E-state index contributed by atoms with van der Waals surface area (Å²) in [5.74, 6) is 0.893. The summed E-state index contributed by atoms with van der Waals surface area (Å²) < 4.78 is 23.2. The molecule has 0 saturated heterocycles. The first-order valence-corrected chi connectivity index (χ1v) is 12.4. The third-order valence-corrected chi connectivity index (χ3v) is 6.14. The monoisotopic (exact) mass is 503 g/mol. The van der Waals surface area contributed by atoms with Crippen LogP contribution in [0.4, 0.5) is 39.3 Å². The number of nitrogens with one attached hydrogen (secondary N) is 3. The number of primary sulfonamides is 1. The van der Waals surface area contributed by atoms with Gasteiger partial charge in [0.1, 0.15) is 5.82 Å². The van der Waals surface area contributed by atoms with Crippen molar-refractivity contribution in [3.05, 3.63) is 90.6 Å². The Labute approximate surface area is 209 Å². The van der Waals surface area contributed by atoms with E-state index in [1.54, 1.807) is 36.5 Å². The average Bonchev–Trinajstić information content (AvgIpc) is 2.85. The van der Waals surface area contributed by atoms with Crippen LogP contribution in [0.5, 0.6) is 0 Å². The van der Waals surface area contributed by atoms with E-state index in [2.05, 4.69) is 25.9 Å². The molecule has 11 heteroatoms. The second-order valence-corrected chi connectivity index (χ2v) is 9.55. The molecular weight excluding hydrogens is 478 g/mol. The van der Waals surface area contributed by atoms with Gasteiger partial charge in [-0.2, -0.15) is 4.98 Å². The predicted octanol–water partition coefficient (Wildman–Crippen LogP) is 4.59. The van der Waals surface area contributed by atoms with Crippen LogP contribution < -0.4 is 26.0 Å². The number of benzene rings is 3. The van der Waals surface area contributed by atoms with Crippen LogP contribution in [0.3, 0.4) is 0 Å². The molecule has 5 N–H and O–H groups in total. The Morgan fingerprint density at radius 3 is 2.17 bits per heavy atom. The minimum absolute atomic E-state index is 0.0120. The number of aryl methyl sites for hydroxylation is 1. The number of urea groups is 1. The zero-order valence-electron chi connectivity index (χ0n) is 19.6. The fourth-order valence-electron chi connectivity index (χ4n) is 3.31. The van der Waals surface area contributed by atoms with Crippen LogP contribution >= 0.6 is 0 Å². The van der Waals surface area contributed by atoms with Crippen molar-refractivity contribution in [1.29, 1.82) is 0 Å². The molecule has 184 valence electrons. The maximum Gasteiger partial charge on any atom is 0.323 e. The summed E-state index contributed by atoms with van der Waals surface area (Å²) in [4.78, 5) is 22.8. The summed E-state index contributed by atoms with van der Waals surface area (Å²) in [6.45, 7) is 1.98. The number of hydrogen-bond acceptors (Lipinski definition) is 7. The lowest BCUT2D eigenvalue weighted by Gasteiger charge is -2.19. The summed E-state index contributed by atoms with van der Waals surface area (Å²) >= 11 is 0. The molecule has 0 saturated carbocycles. The van der Waals surface area contributed by atoms with E-state index in [9.17, 15) is 13.2 Å². The van der Waals surface area contributed by atoms with Crippen molar-refractivity contribution in [3.8, 4) is 0 Å². The normalized spacial score (nSPS) is 11.0. The van der Waals surface area contributed by atoms with E-state index >= 15 is 0 Å². The standard InChI is InChI=1S/C25H25N7O3S/c1-17-6-8-18(9-7-17)29-25(33)30-19-10-12-21(13-11-19)32(2)23-14-15-27-24(31-23)28-20-4-3-5-22(16-20)36(26,34)35/h3-16H,1-2H3,(H2,26,34,35)(H,27,28,31)(H2,29,30,33). The van der Waals surface area contributed by atoms with Crippen molar-refractivity contribution in [3.63, 3.8) is 0 Å². The summed E-state index contributed by atoms with van der Waals surface area (Å²) in [5.41, 5.74) is 3.78. The van der Waals surface area contributed by atoms with E-state index in [-0.39, 0.29) is 16.9 Å². The van der Waals surface area contributed by atoms with Gasteiger partial charge in [0.05, 0.1) is 4.90 Å². The zero-order chi connectivity index (χ0) is 25.7. The zero-order valence-corrected chi connectivity index (χ0v) is 20.5. The molecule has 0 fully saturated rings. The van der Waals surface area contributed by atoms with Gasteiger partial charge in [-0.3, -0.25) is 0 Å². The van der Waals surface area contributed by atoms with E-state index < -0.39 is 10.0 Å². The molecule has 0 unspecified atom stereocenters. The third kappa shape index (κ3) is 6.34. The fraction of sp³-hybridized carbons (Fsp3) is 0.0800. The molecule has 0 radical (unpaired) electrons. The van der Waals surface area contributed by atoms with Gasteiger partial charge >= 0.3 is 6.03 Å². The molecule has 3 aromatic carbocycles. The molecule has 0 atom stereocenters. The number of carbonyl (C=O) groups excluding carboxylic acids is 1. The smallest absolute Gasteiger partial charge is 0.323 e. The van der Waals surface area contributed by atoms with Gasteiger partial charge < -0.3 is 20.9 Å². The average molecular weight is 504 g/mol. The van der Waals surface area contributed by atoms with E-state index in [0.29, 0.717) is 22.9 Å². The highest BCUT2D eigenvalue weighted by molar-refractivity contribution is 7.89. The van der Waals surface area contributed by atoms with Crippen LogP contribution in [0, 0.1) is 6.92 Å². The minimum atomic E-state index is -3.82. The molecule has 1 heterocycles. The van der Waals surface area contributed by atoms with Crippen LogP contribution in [-0.4, -0.2) is 31.5 Å². The summed E-state index contributed by atoms with van der Waals surface area (Å²) in [7, 11) is -1.98. The summed E-state index contributed by atoms with van der Waals surface area (Å²) in [5, 5.41) is 13.8. The second kappa shape index (κ2) is 10.4. The Balaban J connectivity index is 1.42. The van der Waals surface area contributed by atoms with E-state index in [1.165, 1.54) is 12.1 Å². The lowest BCUT2D eigenvalue weighted by molar-refractivity contribution is 0.262. The van der Waals surface area contributed by atoms with Crippen LogP contribution in [0.15, 0.2) is 90.0 Å². The number of carbonyl (C=O) groups is 1. The molecule has 0 aliphatic heterocycles. The van der Waals surface area contributed by atoms with E-state index in [1.807, 2.05) is 55.3 Å². The SMILES string of the molecule is Cc1ccc(NC(=O)Nc2ccc(N(C)c3ccnc(Nc4cccc(S(N)(=O)=O)c4)n3)cc2)cc1. The molecule has 2 amide bonds. The quantitative estimate of drug-likeness (QED) is 0.289. The maximum absolute atomic E-state index is 12.3. The predicted molar refractivity (Wildman–Crippen MR) is 141 cm³/mol. The molecule has 10 nitrogen and oxygen atoms in total. The Kier molecular flexibility index (Phi) is 7.13. The van der Waals surface area contributed by atoms with E-state index in [4.69, 9.17) is 5.14 Å². The number of nitrogens with two attached hydrogens (primary N) is 1. The fourth-order valence-corrected chi connectivity index (χ4v) is 3.87. The lowest BCUT2D eigenvalue weighted by atomic mass is 10.2. The van der Waals surface area contributed by atoms with Gasteiger partial charge in [0.2, 0.25) is 16.0 Å². The Morgan fingerprint density at radius 2 is 1.53 bits per heavy atom. The molecule has 0 bridgehead atoms. The molecular formula is C25H25N7O3S.